The van der Waals surface area contributed by atoms with Gasteiger partial charge in [0.25, 0.3) is 11.8 Å². The molecule has 8 rings (SSSR count). The van der Waals surface area contributed by atoms with Crippen LogP contribution in [0.2, 0.25) is 0 Å². The smallest absolute Gasteiger partial charge is 0.339 e. The van der Waals surface area contributed by atoms with Gasteiger partial charge in [0.1, 0.15) is 23.7 Å². The zero-order valence-electron chi connectivity index (χ0n) is 29.2. The van der Waals surface area contributed by atoms with E-state index in [2.05, 4.69) is 5.43 Å². The van der Waals surface area contributed by atoms with Crippen molar-refractivity contribution in [1.82, 2.24) is 5.01 Å². The van der Waals surface area contributed by atoms with Gasteiger partial charge in [-0.15, -0.1) is 0 Å². The van der Waals surface area contributed by atoms with Crippen LogP contribution in [0.3, 0.4) is 0 Å². The summed E-state index contributed by atoms with van der Waals surface area (Å²) in [5.74, 6) is -7.31. The first-order valence-corrected chi connectivity index (χ1v) is 17.8. The average molecular weight is 728 g/mol. The molecule has 4 N–H and O–H groups in total. The van der Waals surface area contributed by atoms with Gasteiger partial charge in [-0.3, -0.25) is 24.6 Å². The van der Waals surface area contributed by atoms with Crippen molar-refractivity contribution in [2.45, 2.75) is 31.1 Å². The molecule has 0 radical (unpaired) electrons. The lowest BCUT2D eigenvalue weighted by Gasteiger charge is -2.50. The second-order valence-corrected chi connectivity index (χ2v) is 14.3. The van der Waals surface area contributed by atoms with Gasteiger partial charge in [0, 0.05) is 12.0 Å². The number of phenols is 1. The molecule has 0 aromatic heterocycles. The van der Waals surface area contributed by atoms with Crippen LogP contribution in [0.5, 0.6) is 11.5 Å². The van der Waals surface area contributed by atoms with E-state index in [0.717, 1.165) is 33.2 Å². The van der Waals surface area contributed by atoms with Crippen molar-refractivity contribution in [3.05, 3.63) is 131 Å². The number of rotatable bonds is 9. The van der Waals surface area contributed by atoms with E-state index in [4.69, 9.17) is 4.74 Å². The molecule has 0 spiro atoms. The van der Waals surface area contributed by atoms with Gasteiger partial charge >= 0.3 is 5.97 Å². The number of allylic oxidation sites excluding steroid dienone is 2. The van der Waals surface area contributed by atoms with Crippen molar-refractivity contribution in [3.63, 3.8) is 0 Å². The number of hydrogen-bond acceptors (Lipinski definition) is 9. The molecule has 0 bridgehead atoms. The van der Waals surface area contributed by atoms with E-state index < -0.39 is 70.4 Å². The Morgan fingerprint density at radius 1 is 0.889 bits per heavy atom. The first kappa shape index (κ1) is 34.8. The molecular formula is C42H37N3O9. The molecular weight excluding hydrogens is 690 g/mol. The molecule has 3 fully saturated rings. The van der Waals surface area contributed by atoms with Gasteiger partial charge in [0.15, 0.2) is 0 Å². The molecule has 2 aliphatic heterocycles. The topological polar surface area (TPSA) is 174 Å². The van der Waals surface area contributed by atoms with Gasteiger partial charge in [-0.25, -0.2) is 9.69 Å². The highest BCUT2D eigenvalue weighted by molar-refractivity contribution is 6.23. The molecule has 2 aliphatic carbocycles. The predicted molar refractivity (Wildman–Crippen MR) is 195 cm³/mol. The predicted octanol–water partition coefficient (Wildman–Crippen LogP) is 4.96. The normalized spacial score (nSPS) is 25.9. The Kier molecular flexibility index (Phi) is 8.57. The second-order valence-electron chi connectivity index (χ2n) is 14.3. The van der Waals surface area contributed by atoms with Gasteiger partial charge in [0.05, 0.1) is 41.2 Å². The van der Waals surface area contributed by atoms with Crippen LogP contribution in [0.4, 0.5) is 11.4 Å². The first-order valence-electron chi connectivity index (χ1n) is 17.8. The van der Waals surface area contributed by atoms with Crippen molar-refractivity contribution in [2.24, 2.45) is 23.7 Å². The minimum absolute atomic E-state index is 0.0495. The van der Waals surface area contributed by atoms with E-state index in [1.807, 2.05) is 67.6 Å². The molecule has 12 heteroatoms. The number of aromatic hydroxyl groups is 1. The summed E-state index contributed by atoms with van der Waals surface area (Å²) < 4.78 is 5.65. The van der Waals surface area contributed by atoms with Crippen LogP contribution in [-0.2, 0) is 24.6 Å². The number of carbonyl (C=O) groups is 5. The lowest BCUT2D eigenvalue weighted by molar-refractivity contribution is -0.138. The Bertz CT molecular complexity index is 2220. The van der Waals surface area contributed by atoms with Crippen molar-refractivity contribution in [3.8, 4) is 11.5 Å². The standard InChI is InChI=1S/C42H37N3O9/c1-23-7-11-26(12-8-23)43-45-38(49)33-22-32-29(17-18-31-35(32)39(50)44(37(31)48)27-13-16-30(40(51)52)34(47)21-27)36(24-9-14-28(15-10-24)54-20-19-46)42(33,41(45)53)25-5-3-2-4-6-25/h2-17,21,31-33,35-36,43,46-47H,18-20,22H2,1H3,(H,51,52). The highest BCUT2D eigenvalue weighted by atomic mass is 16.5. The fourth-order valence-corrected chi connectivity index (χ4v) is 9.14. The number of benzene rings is 4. The van der Waals surface area contributed by atoms with E-state index in [0.29, 0.717) is 22.6 Å². The summed E-state index contributed by atoms with van der Waals surface area (Å²) in [6.07, 6.45) is 2.23. The highest BCUT2D eigenvalue weighted by Crippen LogP contribution is 2.64. The largest absolute Gasteiger partial charge is 0.507 e. The number of nitrogens with one attached hydrogen (secondary N) is 1. The number of amides is 4. The number of aromatic carboxylic acids is 1. The average Bonchev–Trinajstić information content (AvgIpc) is 3.55. The highest BCUT2D eigenvalue weighted by Gasteiger charge is 2.70. The molecule has 2 heterocycles. The van der Waals surface area contributed by atoms with Crippen LogP contribution in [0.1, 0.15) is 45.8 Å². The summed E-state index contributed by atoms with van der Waals surface area (Å²) in [5, 5.41) is 30.3. The number of aryl methyl sites for hydroxylation is 1. The molecule has 4 aliphatic rings. The van der Waals surface area contributed by atoms with E-state index in [-0.39, 0.29) is 37.3 Å². The number of anilines is 2. The Labute approximate surface area is 310 Å². The van der Waals surface area contributed by atoms with Crippen LogP contribution < -0.4 is 15.1 Å². The third-order valence-electron chi connectivity index (χ3n) is 11.4. The zero-order chi connectivity index (χ0) is 37.9. The lowest BCUT2D eigenvalue weighted by Crippen LogP contribution is -2.53. The molecule has 274 valence electrons. The molecule has 4 aromatic carbocycles. The zero-order valence-corrected chi connectivity index (χ0v) is 29.2. The van der Waals surface area contributed by atoms with Gasteiger partial charge in [-0.2, -0.15) is 5.01 Å². The number of fused-ring (bicyclic) bond motifs is 4. The molecule has 1 saturated carbocycles. The molecule has 4 aromatic rings. The number of hydrazine groups is 1. The summed E-state index contributed by atoms with van der Waals surface area (Å²) in [7, 11) is 0. The molecule has 4 amide bonds. The number of ether oxygens (including phenoxy) is 1. The van der Waals surface area contributed by atoms with E-state index in [1.165, 1.54) is 6.07 Å². The number of carboxylic acid groups (broad SMARTS) is 1. The number of aliphatic hydroxyl groups excluding tert-OH is 1. The second kappa shape index (κ2) is 13.3. The number of carbonyl (C=O) groups excluding carboxylic acids is 4. The summed E-state index contributed by atoms with van der Waals surface area (Å²) in [5.41, 5.74) is 4.99. The van der Waals surface area contributed by atoms with E-state index in [9.17, 15) is 34.5 Å². The molecule has 12 nitrogen and oxygen atoms in total. The maximum atomic E-state index is 15.3. The molecule has 2 saturated heterocycles. The summed E-state index contributed by atoms with van der Waals surface area (Å²) >= 11 is 0. The summed E-state index contributed by atoms with van der Waals surface area (Å²) in [6, 6.07) is 27.3. The van der Waals surface area contributed by atoms with Crippen molar-refractivity contribution >= 4 is 41.0 Å². The lowest BCUT2D eigenvalue weighted by atomic mass is 9.49. The maximum Gasteiger partial charge on any atom is 0.339 e. The third-order valence-corrected chi connectivity index (χ3v) is 11.4. The SMILES string of the molecule is Cc1ccc(NN2C(=O)C3CC4C(=CCC5C(=O)N(c6ccc(C(=O)O)c(O)c6)C(=O)C54)C(c4ccc(OCCO)cc4)C3(c3ccccc3)C2=O)cc1. The van der Waals surface area contributed by atoms with E-state index in [1.54, 1.807) is 24.3 Å². The van der Waals surface area contributed by atoms with Crippen molar-refractivity contribution in [1.29, 1.82) is 0 Å². The number of imide groups is 2. The van der Waals surface area contributed by atoms with Gasteiger partial charge < -0.3 is 20.1 Å². The Balaban J connectivity index is 1.28. The van der Waals surface area contributed by atoms with Gasteiger partial charge in [0.2, 0.25) is 11.8 Å². The minimum Gasteiger partial charge on any atom is -0.507 e. The first-order chi connectivity index (χ1) is 26.1. The Morgan fingerprint density at radius 2 is 1.61 bits per heavy atom. The summed E-state index contributed by atoms with van der Waals surface area (Å²) in [6.45, 7) is 1.85. The quantitative estimate of drug-likeness (QED) is 0.136. The van der Waals surface area contributed by atoms with Crippen LogP contribution in [0.25, 0.3) is 0 Å². The Morgan fingerprint density at radius 3 is 2.28 bits per heavy atom. The van der Waals surface area contributed by atoms with Crippen LogP contribution in [-0.4, -0.2) is 63.1 Å². The number of carboxylic acids is 1. The summed E-state index contributed by atoms with van der Waals surface area (Å²) in [4.78, 5) is 71.2. The fraction of sp³-hybridized carbons (Fsp3) is 0.262. The van der Waals surface area contributed by atoms with Crippen LogP contribution >= 0.6 is 0 Å². The van der Waals surface area contributed by atoms with Crippen molar-refractivity contribution in [2.75, 3.05) is 23.5 Å². The van der Waals surface area contributed by atoms with Gasteiger partial charge in [-0.1, -0.05) is 71.8 Å². The maximum absolute atomic E-state index is 15.3. The number of aliphatic hydroxyl groups is 1. The fourth-order valence-electron chi connectivity index (χ4n) is 9.14. The van der Waals surface area contributed by atoms with Crippen LogP contribution in [0, 0.1) is 30.6 Å². The molecule has 6 atom stereocenters. The van der Waals surface area contributed by atoms with Gasteiger partial charge in [-0.05, 0) is 73.2 Å². The third kappa shape index (κ3) is 5.27. The molecule has 54 heavy (non-hydrogen) atoms. The minimum atomic E-state index is -1.44. The monoisotopic (exact) mass is 727 g/mol. The van der Waals surface area contributed by atoms with Crippen molar-refractivity contribution < 1.29 is 44.0 Å². The van der Waals surface area contributed by atoms with E-state index >= 15 is 4.79 Å². The number of nitrogens with zero attached hydrogens (tertiary/aromatic N) is 2. The Hall–Kier alpha value is -6.27. The van der Waals surface area contributed by atoms with Crippen LogP contribution in [0.15, 0.2) is 109 Å². The molecule has 6 unspecified atom stereocenters. The number of hydrogen-bond donors (Lipinski definition) is 4.